The summed E-state index contributed by atoms with van der Waals surface area (Å²) in [4.78, 5) is 38.5. The van der Waals surface area contributed by atoms with Crippen LogP contribution in [0.4, 0.5) is 17.1 Å². The number of rotatable bonds is 5. The van der Waals surface area contributed by atoms with E-state index in [0.717, 1.165) is 16.1 Å². The maximum Gasteiger partial charge on any atom is 0.282 e. The Labute approximate surface area is 176 Å². The van der Waals surface area contributed by atoms with Crippen LogP contribution in [0.5, 0.6) is 0 Å². The molecule has 152 valence electrons. The predicted octanol–water partition coefficient (Wildman–Crippen LogP) is 4.36. The zero-order valence-corrected chi connectivity index (χ0v) is 16.8. The summed E-state index contributed by atoms with van der Waals surface area (Å²) in [5.41, 5.74) is 2.43. The first kappa shape index (κ1) is 19.7. The van der Waals surface area contributed by atoms with Gasteiger partial charge in [0.15, 0.2) is 0 Å². The average molecular weight is 423 g/mol. The lowest BCUT2D eigenvalue weighted by molar-refractivity contribution is -0.385. The minimum atomic E-state index is -0.568. The third kappa shape index (κ3) is 3.67. The van der Waals surface area contributed by atoms with Crippen molar-refractivity contribution in [3.8, 4) is 0 Å². The highest BCUT2D eigenvalue weighted by atomic mass is 32.2. The number of nitro groups is 1. The van der Waals surface area contributed by atoms with Gasteiger partial charge >= 0.3 is 0 Å². The van der Waals surface area contributed by atoms with E-state index in [0.29, 0.717) is 24.2 Å². The van der Waals surface area contributed by atoms with Crippen molar-refractivity contribution in [2.75, 3.05) is 23.0 Å². The largest absolute Gasteiger partial charge is 0.472 e. The van der Waals surface area contributed by atoms with Crippen LogP contribution in [0.3, 0.4) is 0 Å². The molecule has 0 radical (unpaired) electrons. The van der Waals surface area contributed by atoms with Crippen molar-refractivity contribution >= 4 is 40.6 Å². The van der Waals surface area contributed by atoms with Crippen LogP contribution in [-0.4, -0.2) is 29.5 Å². The normalized spacial score (nSPS) is 12.5. The molecule has 9 heteroatoms. The molecule has 4 rings (SSSR count). The van der Waals surface area contributed by atoms with Gasteiger partial charge in [-0.25, -0.2) is 0 Å². The lowest BCUT2D eigenvalue weighted by Gasteiger charge is -2.16. The van der Waals surface area contributed by atoms with Crippen LogP contribution in [0.2, 0.25) is 0 Å². The molecule has 2 amide bonds. The monoisotopic (exact) mass is 423 g/mol. The summed E-state index contributed by atoms with van der Waals surface area (Å²) < 4.78 is 4.99. The summed E-state index contributed by atoms with van der Waals surface area (Å²) >= 11 is 1.40. The number of nitrogens with one attached hydrogen (secondary N) is 1. The highest BCUT2D eigenvalue weighted by Gasteiger charge is 2.27. The Hall–Kier alpha value is -3.59. The van der Waals surface area contributed by atoms with Gasteiger partial charge in [-0.05, 0) is 54.6 Å². The Bertz CT molecular complexity index is 1140. The van der Waals surface area contributed by atoms with Crippen LogP contribution in [-0.2, 0) is 6.42 Å². The van der Waals surface area contributed by atoms with Gasteiger partial charge in [0, 0.05) is 28.9 Å². The van der Waals surface area contributed by atoms with Crippen molar-refractivity contribution in [1.82, 2.24) is 0 Å². The Kier molecular flexibility index (Phi) is 5.28. The number of amides is 2. The van der Waals surface area contributed by atoms with Crippen LogP contribution in [0, 0.1) is 10.1 Å². The molecule has 0 saturated heterocycles. The summed E-state index contributed by atoms with van der Waals surface area (Å²) in [6, 6.07) is 11.3. The number of nitro benzene ring substituents is 1. The number of fused-ring (bicyclic) bond motifs is 1. The van der Waals surface area contributed by atoms with Gasteiger partial charge < -0.3 is 14.6 Å². The van der Waals surface area contributed by atoms with E-state index in [1.807, 2.05) is 6.26 Å². The van der Waals surface area contributed by atoms with Crippen LogP contribution < -0.4 is 10.2 Å². The van der Waals surface area contributed by atoms with Crippen LogP contribution in [0.25, 0.3) is 0 Å². The number of carbonyl (C=O) groups excluding carboxylic acids is 2. The van der Waals surface area contributed by atoms with Gasteiger partial charge in [-0.1, -0.05) is 0 Å². The number of benzene rings is 2. The van der Waals surface area contributed by atoms with E-state index in [2.05, 4.69) is 5.32 Å². The topological polar surface area (TPSA) is 106 Å². The van der Waals surface area contributed by atoms with Gasteiger partial charge in [0.05, 0.1) is 16.7 Å². The fourth-order valence-corrected chi connectivity index (χ4v) is 3.85. The Morgan fingerprint density at radius 3 is 2.73 bits per heavy atom. The van der Waals surface area contributed by atoms with Crippen molar-refractivity contribution in [3.05, 3.63) is 81.8 Å². The maximum atomic E-state index is 12.7. The summed E-state index contributed by atoms with van der Waals surface area (Å²) in [6.07, 6.45) is 5.34. The summed E-state index contributed by atoms with van der Waals surface area (Å²) in [6.45, 7) is 0.526. The van der Waals surface area contributed by atoms with Gasteiger partial charge in [0.1, 0.15) is 11.8 Å². The second-order valence-electron chi connectivity index (χ2n) is 6.66. The molecule has 8 nitrogen and oxygen atoms in total. The average Bonchev–Trinajstić information content (AvgIpc) is 3.42. The molecular formula is C21H17N3O5S. The molecule has 3 aromatic rings. The van der Waals surface area contributed by atoms with Crippen LogP contribution in [0.15, 0.2) is 64.3 Å². The predicted molar refractivity (Wildman–Crippen MR) is 113 cm³/mol. The van der Waals surface area contributed by atoms with E-state index in [9.17, 15) is 19.7 Å². The third-order valence-electron chi connectivity index (χ3n) is 4.89. The molecule has 0 atom stereocenters. The minimum absolute atomic E-state index is 0.00381. The summed E-state index contributed by atoms with van der Waals surface area (Å²) in [5.74, 6) is -0.703. The van der Waals surface area contributed by atoms with Crippen LogP contribution in [0.1, 0.15) is 26.3 Å². The van der Waals surface area contributed by atoms with E-state index in [1.165, 1.54) is 36.4 Å². The number of thioether (sulfide) groups is 1. The van der Waals surface area contributed by atoms with Crippen molar-refractivity contribution in [1.29, 1.82) is 0 Å². The number of hydrogen-bond donors (Lipinski definition) is 1. The van der Waals surface area contributed by atoms with Crippen molar-refractivity contribution in [3.63, 3.8) is 0 Å². The SMILES string of the molecule is CSc1ccc([N+](=O)[O-])c(C(=O)Nc2ccc3c(c2)CCN3C(=O)c2ccoc2)c1. The standard InChI is InChI=1S/C21H17N3O5S/c1-30-16-3-5-19(24(27)28)17(11-16)20(25)22-15-2-4-18-13(10-15)6-8-23(18)21(26)14-7-9-29-12-14/h2-5,7,9-12H,6,8H2,1H3,(H,22,25). The van der Waals surface area contributed by atoms with E-state index in [4.69, 9.17) is 4.42 Å². The van der Waals surface area contributed by atoms with E-state index >= 15 is 0 Å². The summed E-state index contributed by atoms with van der Waals surface area (Å²) in [5, 5.41) is 14.0. The first-order valence-corrected chi connectivity index (χ1v) is 10.3. The highest BCUT2D eigenvalue weighted by Crippen LogP contribution is 2.32. The lowest BCUT2D eigenvalue weighted by atomic mass is 10.1. The number of nitrogens with zero attached hydrogens (tertiary/aromatic N) is 2. The fourth-order valence-electron chi connectivity index (χ4n) is 3.41. The molecule has 2 heterocycles. The maximum absolute atomic E-state index is 12.7. The Morgan fingerprint density at radius 2 is 2.03 bits per heavy atom. The second-order valence-corrected chi connectivity index (χ2v) is 7.54. The summed E-state index contributed by atoms with van der Waals surface area (Å²) in [7, 11) is 0. The zero-order valence-electron chi connectivity index (χ0n) is 16.0. The molecule has 0 bridgehead atoms. The lowest BCUT2D eigenvalue weighted by Crippen LogP contribution is -2.28. The minimum Gasteiger partial charge on any atom is -0.472 e. The molecule has 0 aliphatic carbocycles. The zero-order chi connectivity index (χ0) is 21.3. The van der Waals surface area contributed by atoms with Gasteiger partial charge in [0.25, 0.3) is 17.5 Å². The molecule has 2 aromatic carbocycles. The quantitative estimate of drug-likeness (QED) is 0.371. The number of furan rings is 1. The van der Waals surface area contributed by atoms with E-state index in [-0.39, 0.29) is 17.2 Å². The van der Waals surface area contributed by atoms with Crippen molar-refractivity contribution < 1.29 is 18.9 Å². The molecule has 0 saturated carbocycles. The molecular weight excluding hydrogens is 406 g/mol. The third-order valence-corrected chi connectivity index (χ3v) is 5.62. The first-order valence-electron chi connectivity index (χ1n) is 9.08. The number of hydrogen-bond acceptors (Lipinski definition) is 6. The van der Waals surface area contributed by atoms with Gasteiger partial charge in [-0.15, -0.1) is 11.8 Å². The van der Waals surface area contributed by atoms with Crippen molar-refractivity contribution in [2.24, 2.45) is 0 Å². The first-order chi connectivity index (χ1) is 14.5. The van der Waals surface area contributed by atoms with Gasteiger partial charge in [-0.2, -0.15) is 0 Å². The molecule has 1 aromatic heterocycles. The number of carbonyl (C=O) groups is 2. The second kappa shape index (κ2) is 8.03. The van der Waals surface area contributed by atoms with Crippen LogP contribution >= 0.6 is 11.8 Å². The molecule has 0 unspecified atom stereocenters. The molecule has 1 N–H and O–H groups in total. The molecule has 0 fully saturated rings. The number of anilines is 2. The van der Waals surface area contributed by atoms with Crippen molar-refractivity contribution in [2.45, 2.75) is 11.3 Å². The highest BCUT2D eigenvalue weighted by molar-refractivity contribution is 7.98. The smallest absolute Gasteiger partial charge is 0.282 e. The van der Waals surface area contributed by atoms with E-state index < -0.39 is 10.8 Å². The van der Waals surface area contributed by atoms with Gasteiger partial charge in [0.2, 0.25) is 0 Å². The fraction of sp³-hybridized carbons (Fsp3) is 0.143. The molecule has 1 aliphatic rings. The Balaban J connectivity index is 1.57. The van der Waals surface area contributed by atoms with Gasteiger partial charge in [-0.3, -0.25) is 19.7 Å². The molecule has 1 aliphatic heterocycles. The van der Waals surface area contributed by atoms with E-state index in [1.54, 1.807) is 35.2 Å². The molecule has 0 spiro atoms. The Morgan fingerprint density at radius 1 is 1.20 bits per heavy atom. The molecule has 30 heavy (non-hydrogen) atoms.